The molecule has 2 aromatic carbocycles. The molecule has 4 aliphatic rings. The van der Waals surface area contributed by atoms with Gasteiger partial charge >= 0.3 is 6.18 Å². The summed E-state index contributed by atoms with van der Waals surface area (Å²) in [4.78, 5) is 33.5. The average molecular weight is 482 g/mol. The van der Waals surface area contributed by atoms with Crippen LogP contribution in [0.15, 0.2) is 66.3 Å². The second-order valence-electron chi connectivity index (χ2n) is 9.37. The molecule has 0 spiro atoms. The summed E-state index contributed by atoms with van der Waals surface area (Å²) in [6, 6.07) is 11.8. The predicted octanol–water partition coefficient (Wildman–Crippen LogP) is 4.44. The van der Waals surface area contributed by atoms with Crippen LogP contribution in [-0.2, 0) is 20.6 Å². The van der Waals surface area contributed by atoms with E-state index in [1.807, 2.05) is 24.3 Å². The van der Waals surface area contributed by atoms with E-state index in [4.69, 9.17) is 9.57 Å². The summed E-state index contributed by atoms with van der Waals surface area (Å²) in [5.41, 5.74) is 0.637. The first-order valence-corrected chi connectivity index (χ1v) is 11.4. The van der Waals surface area contributed by atoms with Crippen molar-refractivity contribution in [3.05, 3.63) is 72.3 Å². The normalized spacial score (nSPS) is 30.7. The van der Waals surface area contributed by atoms with E-state index in [0.717, 1.165) is 28.3 Å². The molecule has 0 unspecified atom stereocenters. The molecule has 0 aromatic heterocycles. The zero-order valence-corrected chi connectivity index (χ0v) is 18.4. The van der Waals surface area contributed by atoms with Crippen molar-refractivity contribution in [1.29, 1.82) is 0 Å². The Balaban J connectivity index is 1.28. The third-order valence-corrected chi connectivity index (χ3v) is 7.64. The van der Waals surface area contributed by atoms with Crippen molar-refractivity contribution in [1.82, 2.24) is 0 Å². The Morgan fingerprint density at radius 3 is 2.46 bits per heavy atom. The predicted molar refractivity (Wildman–Crippen MR) is 120 cm³/mol. The van der Waals surface area contributed by atoms with Crippen molar-refractivity contribution in [2.45, 2.75) is 18.7 Å². The average Bonchev–Trinajstić information content (AvgIpc) is 3.58. The van der Waals surface area contributed by atoms with Gasteiger partial charge in [0.15, 0.2) is 0 Å². The second kappa shape index (κ2) is 7.69. The van der Waals surface area contributed by atoms with Crippen molar-refractivity contribution in [3.8, 4) is 5.75 Å². The molecule has 2 aliphatic heterocycles. The number of carbonyl (C=O) groups excluding carboxylic acids is 2. The Morgan fingerprint density at radius 1 is 1.06 bits per heavy atom. The van der Waals surface area contributed by atoms with Crippen molar-refractivity contribution < 1.29 is 32.3 Å². The largest absolute Gasteiger partial charge is 0.490 e. The van der Waals surface area contributed by atoms with Crippen LogP contribution in [0.25, 0.3) is 0 Å². The molecule has 1 saturated heterocycles. The summed E-state index contributed by atoms with van der Waals surface area (Å²) in [6.45, 7) is 4.01. The van der Waals surface area contributed by atoms with E-state index >= 15 is 0 Å². The van der Waals surface area contributed by atoms with E-state index in [9.17, 15) is 22.8 Å². The van der Waals surface area contributed by atoms with Crippen molar-refractivity contribution in [2.75, 3.05) is 11.5 Å². The number of halogens is 3. The Bertz CT molecular complexity index is 1260. The number of ether oxygens (including phenoxy) is 1. The summed E-state index contributed by atoms with van der Waals surface area (Å²) in [6.07, 6.45) is -2.59. The Morgan fingerprint density at radius 2 is 1.77 bits per heavy atom. The number of hydrogen-bond donors (Lipinski definition) is 0. The molecule has 2 aliphatic carbocycles. The summed E-state index contributed by atoms with van der Waals surface area (Å²) in [5, 5.41) is 4.31. The van der Waals surface area contributed by atoms with Gasteiger partial charge in [-0.3, -0.25) is 14.5 Å². The van der Waals surface area contributed by atoms with Crippen LogP contribution >= 0.6 is 0 Å². The van der Waals surface area contributed by atoms with Crippen LogP contribution in [0.3, 0.4) is 0 Å². The maximum atomic E-state index is 13.4. The molecule has 6 nitrogen and oxygen atoms in total. The molecule has 2 bridgehead atoms. The van der Waals surface area contributed by atoms with Crippen LogP contribution in [-0.4, -0.2) is 30.2 Å². The number of fused-ring (bicyclic) bond motifs is 8. The number of anilines is 1. The highest BCUT2D eigenvalue weighted by molar-refractivity contribution is 6.23. The first-order valence-electron chi connectivity index (χ1n) is 11.4. The van der Waals surface area contributed by atoms with Gasteiger partial charge in [0, 0.05) is 17.4 Å². The van der Waals surface area contributed by atoms with E-state index in [-0.39, 0.29) is 29.5 Å². The third kappa shape index (κ3) is 3.20. The molecule has 2 aromatic rings. The van der Waals surface area contributed by atoms with Crippen LogP contribution < -0.4 is 9.64 Å². The monoisotopic (exact) mass is 482 g/mol. The van der Waals surface area contributed by atoms with E-state index in [1.165, 1.54) is 12.1 Å². The molecule has 6 rings (SSSR count). The molecular formula is C26H21F3N2O4. The lowest BCUT2D eigenvalue weighted by atomic mass is 9.71. The lowest BCUT2D eigenvalue weighted by molar-refractivity contribution is -0.137. The maximum absolute atomic E-state index is 13.4. The topological polar surface area (TPSA) is 68.2 Å². The molecule has 3 fully saturated rings. The minimum Gasteiger partial charge on any atom is -0.490 e. The molecule has 35 heavy (non-hydrogen) atoms. The number of alkyl halides is 3. The second-order valence-corrected chi connectivity index (χ2v) is 9.37. The maximum Gasteiger partial charge on any atom is 0.416 e. The number of carbonyl (C=O) groups is 2. The summed E-state index contributed by atoms with van der Waals surface area (Å²) in [7, 11) is 0. The van der Waals surface area contributed by atoms with E-state index < -0.39 is 35.4 Å². The first kappa shape index (κ1) is 21.9. The van der Waals surface area contributed by atoms with Crippen LogP contribution in [0.2, 0.25) is 0 Å². The highest BCUT2D eigenvalue weighted by Gasteiger charge is 2.70. The Kier molecular flexibility index (Phi) is 4.81. The molecule has 6 atom stereocenters. The summed E-state index contributed by atoms with van der Waals surface area (Å²) >= 11 is 0. The molecule has 2 saturated carbocycles. The number of rotatable bonds is 5. The van der Waals surface area contributed by atoms with Gasteiger partial charge in [-0.15, -0.1) is 0 Å². The number of hydrogen-bond acceptors (Lipinski definition) is 5. The number of oxime groups is 1. The first-order chi connectivity index (χ1) is 16.8. The van der Waals surface area contributed by atoms with Gasteiger partial charge < -0.3 is 9.57 Å². The van der Waals surface area contributed by atoms with E-state index in [0.29, 0.717) is 18.8 Å². The van der Waals surface area contributed by atoms with Gasteiger partial charge in [-0.2, -0.15) is 13.2 Å². The molecule has 2 amide bonds. The molecule has 0 radical (unpaired) electrons. The SMILES string of the molecule is C=CCOc1ccc(C2=NO[C@@H]3[C@H]4C[C@H]([C@H]5C(=O)N(c6cccc(C(F)(F)F)c6)C(=O)[C@@H]45)[C@H]23)cc1. The fraction of sp³-hybridized carbons (Fsp3) is 0.346. The molecule has 180 valence electrons. The van der Waals surface area contributed by atoms with Gasteiger partial charge in [0.1, 0.15) is 18.5 Å². The lowest BCUT2D eigenvalue weighted by Gasteiger charge is -2.29. The highest BCUT2D eigenvalue weighted by atomic mass is 19.4. The number of amides is 2. The van der Waals surface area contributed by atoms with Gasteiger partial charge in [0.25, 0.3) is 0 Å². The Labute approximate surface area is 199 Å². The minimum atomic E-state index is -4.57. The minimum absolute atomic E-state index is 0.0429. The highest BCUT2D eigenvalue weighted by Crippen LogP contribution is 2.62. The Hall–Kier alpha value is -3.62. The number of benzene rings is 2. The fourth-order valence-corrected chi connectivity index (χ4v) is 6.32. The molecule has 0 N–H and O–H groups in total. The van der Waals surface area contributed by atoms with E-state index in [1.54, 1.807) is 6.08 Å². The number of nitrogens with zero attached hydrogens (tertiary/aromatic N) is 2. The zero-order chi connectivity index (χ0) is 24.5. The lowest BCUT2D eigenvalue weighted by Crippen LogP contribution is -2.41. The number of imide groups is 1. The van der Waals surface area contributed by atoms with Crippen LogP contribution in [0.5, 0.6) is 5.75 Å². The van der Waals surface area contributed by atoms with Gasteiger partial charge in [-0.1, -0.05) is 23.9 Å². The molecule has 9 heteroatoms. The third-order valence-electron chi connectivity index (χ3n) is 7.64. The van der Waals surface area contributed by atoms with Crippen LogP contribution in [0.4, 0.5) is 18.9 Å². The van der Waals surface area contributed by atoms with Gasteiger partial charge in [0.2, 0.25) is 11.8 Å². The van der Waals surface area contributed by atoms with Crippen molar-refractivity contribution >= 4 is 23.2 Å². The standard InChI is InChI=1S/C26H21F3N2O4/c1-2-10-34-16-8-6-13(7-9-16)22-21-17-12-18(23(21)35-30-22)20-19(17)24(32)31(25(20)33)15-5-3-4-14(11-15)26(27,28)29/h2-9,11,17-21,23H,1,10,12H2/t17-,18+,19-,20+,21-,23-/m1/s1. The summed E-state index contributed by atoms with van der Waals surface area (Å²) < 4.78 is 45.2. The fourth-order valence-electron chi connectivity index (χ4n) is 6.32. The van der Waals surface area contributed by atoms with Crippen LogP contribution in [0.1, 0.15) is 17.5 Å². The van der Waals surface area contributed by atoms with Crippen molar-refractivity contribution in [2.24, 2.45) is 34.7 Å². The van der Waals surface area contributed by atoms with E-state index in [2.05, 4.69) is 11.7 Å². The summed E-state index contributed by atoms with van der Waals surface area (Å²) in [5.74, 6) is -1.93. The molecule has 2 heterocycles. The van der Waals surface area contributed by atoms with Crippen molar-refractivity contribution in [3.63, 3.8) is 0 Å². The zero-order valence-electron chi connectivity index (χ0n) is 18.4. The van der Waals surface area contributed by atoms with Gasteiger partial charge in [0.05, 0.1) is 28.8 Å². The molecular weight excluding hydrogens is 461 g/mol. The van der Waals surface area contributed by atoms with Gasteiger partial charge in [-0.05, 0) is 54.8 Å². The van der Waals surface area contributed by atoms with Gasteiger partial charge in [-0.25, -0.2) is 0 Å². The quantitative estimate of drug-likeness (QED) is 0.467. The van der Waals surface area contributed by atoms with Crippen LogP contribution in [0, 0.1) is 29.6 Å². The smallest absolute Gasteiger partial charge is 0.416 e.